The number of nitrogens with zero attached hydrogens (tertiary/aromatic N) is 3. The van der Waals surface area contributed by atoms with Crippen molar-refractivity contribution < 1.29 is 24.2 Å². The van der Waals surface area contributed by atoms with Gasteiger partial charge >= 0.3 is 0 Å². The minimum absolute atomic E-state index is 0.0304. The second-order valence-corrected chi connectivity index (χ2v) is 7.82. The Morgan fingerprint density at radius 1 is 1.28 bits per heavy atom. The molecule has 32 heavy (non-hydrogen) atoms. The van der Waals surface area contributed by atoms with Crippen LogP contribution < -0.4 is 10.1 Å². The quantitative estimate of drug-likeness (QED) is 0.632. The van der Waals surface area contributed by atoms with Crippen molar-refractivity contribution in [3.8, 4) is 5.75 Å². The average Bonchev–Trinajstić information content (AvgIpc) is 3.10. The van der Waals surface area contributed by atoms with Crippen LogP contribution in [0, 0.1) is 6.92 Å². The summed E-state index contributed by atoms with van der Waals surface area (Å²) < 4.78 is 13.5. The summed E-state index contributed by atoms with van der Waals surface area (Å²) in [6, 6.07) is 8.09. The first-order valence-corrected chi connectivity index (χ1v) is 11.1. The van der Waals surface area contributed by atoms with Gasteiger partial charge in [-0.15, -0.1) is 0 Å². The number of ether oxygens (including phenoxy) is 2. The Morgan fingerprint density at radius 3 is 2.72 bits per heavy atom. The van der Waals surface area contributed by atoms with Crippen LogP contribution >= 0.6 is 0 Å². The molecular formula is C23H32N4O5. The van der Waals surface area contributed by atoms with E-state index >= 15 is 0 Å². The Balaban J connectivity index is 0.000000913. The van der Waals surface area contributed by atoms with Crippen LogP contribution in [0.1, 0.15) is 42.5 Å². The lowest BCUT2D eigenvalue weighted by Gasteiger charge is -2.28. The maximum atomic E-state index is 12.5. The van der Waals surface area contributed by atoms with Crippen molar-refractivity contribution in [3.63, 3.8) is 0 Å². The van der Waals surface area contributed by atoms with Gasteiger partial charge in [0.15, 0.2) is 0 Å². The molecule has 0 saturated carbocycles. The van der Waals surface area contributed by atoms with Gasteiger partial charge in [-0.3, -0.25) is 14.5 Å². The molecule has 9 nitrogen and oxygen atoms in total. The Kier molecular flexibility index (Phi) is 8.64. The number of nitrogens with one attached hydrogen (secondary N) is 1. The largest absolute Gasteiger partial charge is 0.492 e. The lowest BCUT2D eigenvalue weighted by Crippen LogP contribution is -2.38. The highest BCUT2D eigenvalue weighted by atomic mass is 16.5. The second kappa shape index (κ2) is 11.6. The van der Waals surface area contributed by atoms with E-state index in [1.807, 2.05) is 29.8 Å². The van der Waals surface area contributed by atoms with Crippen molar-refractivity contribution in [2.45, 2.75) is 39.2 Å². The second-order valence-electron chi connectivity index (χ2n) is 7.82. The lowest BCUT2D eigenvalue weighted by molar-refractivity contribution is -0.123. The first kappa shape index (κ1) is 23.7. The molecule has 2 aliphatic heterocycles. The summed E-state index contributed by atoms with van der Waals surface area (Å²) >= 11 is 0. The van der Waals surface area contributed by atoms with Crippen molar-refractivity contribution in [2.75, 3.05) is 44.8 Å². The van der Waals surface area contributed by atoms with E-state index in [9.17, 15) is 4.79 Å². The van der Waals surface area contributed by atoms with Crippen LogP contribution in [0.15, 0.2) is 24.3 Å². The van der Waals surface area contributed by atoms with Crippen molar-refractivity contribution in [1.29, 1.82) is 0 Å². The fraction of sp³-hybridized carbons (Fsp3) is 0.522. The molecule has 1 atom stereocenters. The summed E-state index contributed by atoms with van der Waals surface area (Å²) in [5.41, 5.74) is 3.15. The fourth-order valence-electron chi connectivity index (χ4n) is 4.26. The number of rotatable bonds is 7. The van der Waals surface area contributed by atoms with E-state index < -0.39 is 0 Å². The van der Waals surface area contributed by atoms with Crippen molar-refractivity contribution >= 4 is 18.2 Å². The number of benzene rings is 1. The van der Waals surface area contributed by atoms with E-state index in [4.69, 9.17) is 19.4 Å². The van der Waals surface area contributed by atoms with Crippen molar-refractivity contribution in [3.05, 3.63) is 41.1 Å². The average molecular weight is 445 g/mol. The molecule has 3 heterocycles. The van der Waals surface area contributed by atoms with Crippen LogP contribution in [-0.2, 0) is 20.9 Å². The minimum atomic E-state index is -0.250. The topological polar surface area (TPSA) is 106 Å². The predicted octanol–water partition coefficient (Wildman–Crippen LogP) is 2.49. The maximum absolute atomic E-state index is 12.5. The summed E-state index contributed by atoms with van der Waals surface area (Å²) in [4.78, 5) is 23.2. The summed E-state index contributed by atoms with van der Waals surface area (Å²) in [5.74, 6) is 1.69. The zero-order valence-electron chi connectivity index (χ0n) is 18.7. The number of aromatic nitrogens is 2. The highest BCUT2D eigenvalue weighted by Gasteiger charge is 2.33. The van der Waals surface area contributed by atoms with Crippen LogP contribution in [0.2, 0.25) is 0 Å². The molecule has 9 heteroatoms. The lowest BCUT2D eigenvalue weighted by atomic mass is 9.85. The van der Waals surface area contributed by atoms with Gasteiger partial charge in [-0.2, -0.15) is 5.10 Å². The molecule has 2 N–H and O–H groups in total. The predicted molar refractivity (Wildman–Crippen MR) is 120 cm³/mol. The van der Waals surface area contributed by atoms with E-state index in [1.165, 1.54) is 0 Å². The maximum Gasteiger partial charge on any atom is 0.290 e. The highest BCUT2D eigenvalue weighted by molar-refractivity contribution is 5.94. The molecular weight excluding hydrogens is 412 g/mol. The monoisotopic (exact) mass is 444 g/mol. The van der Waals surface area contributed by atoms with Gasteiger partial charge in [0.05, 0.1) is 18.9 Å². The smallest absolute Gasteiger partial charge is 0.290 e. The van der Waals surface area contributed by atoms with Crippen LogP contribution in [0.3, 0.4) is 0 Å². The molecule has 1 fully saturated rings. The third-order valence-electron chi connectivity index (χ3n) is 5.67. The van der Waals surface area contributed by atoms with Gasteiger partial charge in [-0.1, -0.05) is 25.1 Å². The SMILES string of the molecule is CCCn1nc(C)c2c1NC(=O)CC2c1ccccc1OCCN1CCOCC1.O=CO. The molecule has 1 unspecified atom stereocenters. The molecule has 174 valence electrons. The minimum Gasteiger partial charge on any atom is -0.492 e. The molecule has 0 aliphatic carbocycles. The van der Waals surface area contributed by atoms with E-state index in [2.05, 4.69) is 28.3 Å². The van der Waals surface area contributed by atoms with E-state index in [1.54, 1.807) is 0 Å². The standard InChI is InChI=1S/C22H30N4O3.CH2O2/c1-3-8-26-22-21(16(2)24-26)18(15-20(27)23-22)17-6-4-5-7-19(17)29-14-11-25-9-12-28-13-10-25;2-1-3/h4-7,18H,3,8-15H2,1-2H3,(H,23,27);1H,(H,2,3). The number of anilines is 1. The van der Waals surface area contributed by atoms with Gasteiger partial charge in [0.25, 0.3) is 6.47 Å². The number of aryl methyl sites for hydroxylation is 2. The highest BCUT2D eigenvalue weighted by Crippen LogP contribution is 2.42. The van der Waals surface area contributed by atoms with Crippen LogP contribution in [0.25, 0.3) is 0 Å². The number of carbonyl (C=O) groups is 2. The number of carbonyl (C=O) groups excluding carboxylic acids is 1. The van der Waals surface area contributed by atoms with Gasteiger partial charge in [0.2, 0.25) is 5.91 Å². The number of hydrogen-bond acceptors (Lipinski definition) is 6. The summed E-state index contributed by atoms with van der Waals surface area (Å²) in [6.07, 6.45) is 1.38. The number of morpholine rings is 1. The molecule has 1 saturated heterocycles. The summed E-state index contributed by atoms with van der Waals surface area (Å²) in [7, 11) is 0. The van der Waals surface area contributed by atoms with Gasteiger partial charge in [-0.05, 0) is 19.4 Å². The van der Waals surface area contributed by atoms with Crippen LogP contribution in [0.4, 0.5) is 5.82 Å². The molecule has 4 rings (SSSR count). The van der Waals surface area contributed by atoms with Gasteiger partial charge < -0.3 is 19.9 Å². The van der Waals surface area contributed by atoms with Crippen molar-refractivity contribution in [1.82, 2.24) is 14.7 Å². The third-order valence-corrected chi connectivity index (χ3v) is 5.67. The number of hydrogen-bond donors (Lipinski definition) is 2. The normalized spacial score (nSPS) is 18.2. The van der Waals surface area contributed by atoms with Crippen LogP contribution in [-0.4, -0.2) is 71.6 Å². The summed E-state index contributed by atoms with van der Waals surface area (Å²) in [5, 5.41) is 14.6. The molecule has 2 aliphatic rings. The zero-order chi connectivity index (χ0) is 22.9. The Bertz CT molecular complexity index is 908. The summed E-state index contributed by atoms with van der Waals surface area (Å²) in [6.45, 7) is 9.66. The molecule has 1 amide bonds. The molecule has 0 bridgehead atoms. The number of para-hydroxylation sites is 1. The van der Waals surface area contributed by atoms with E-state index in [0.29, 0.717) is 13.0 Å². The van der Waals surface area contributed by atoms with Crippen LogP contribution in [0.5, 0.6) is 5.75 Å². The Labute approximate surface area is 188 Å². The number of carboxylic acid groups (broad SMARTS) is 1. The fourth-order valence-corrected chi connectivity index (χ4v) is 4.26. The molecule has 1 aromatic carbocycles. The first-order valence-electron chi connectivity index (χ1n) is 11.1. The molecule has 0 radical (unpaired) electrons. The first-order chi connectivity index (χ1) is 15.6. The third kappa shape index (κ3) is 5.66. The molecule has 0 spiro atoms. The Hall–Kier alpha value is -2.91. The number of fused-ring (bicyclic) bond motifs is 1. The van der Waals surface area contributed by atoms with Gasteiger partial charge in [0, 0.05) is 49.6 Å². The van der Waals surface area contributed by atoms with Gasteiger partial charge in [-0.25, -0.2) is 4.68 Å². The molecule has 1 aromatic heterocycles. The number of amides is 1. The van der Waals surface area contributed by atoms with E-state index in [0.717, 1.165) is 74.2 Å². The van der Waals surface area contributed by atoms with E-state index in [-0.39, 0.29) is 18.3 Å². The Morgan fingerprint density at radius 2 is 2.00 bits per heavy atom. The van der Waals surface area contributed by atoms with Gasteiger partial charge in [0.1, 0.15) is 18.2 Å². The zero-order valence-corrected chi connectivity index (χ0v) is 18.7. The van der Waals surface area contributed by atoms with Crippen molar-refractivity contribution in [2.24, 2.45) is 0 Å². The molecule has 2 aromatic rings.